The van der Waals surface area contributed by atoms with Gasteiger partial charge in [0.05, 0.1) is 23.5 Å². The van der Waals surface area contributed by atoms with Crippen molar-refractivity contribution in [2.45, 2.75) is 12.8 Å². The maximum atomic E-state index is 14.7. The highest BCUT2D eigenvalue weighted by molar-refractivity contribution is 5.94. The van der Waals surface area contributed by atoms with Crippen LogP contribution in [0.5, 0.6) is 5.75 Å². The lowest BCUT2D eigenvalue weighted by molar-refractivity contribution is -0.139. The van der Waals surface area contributed by atoms with Crippen LogP contribution in [-0.2, 0) is 9.53 Å². The lowest BCUT2D eigenvalue weighted by Gasteiger charge is -2.28. The van der Waals surface area contributed by atoms with Gasteiger partial charge in [-0.15, -0.1) is 0 Å². The van der Waals surface area contributed by atoms with E-state index in [9.17, 15) is 18.4 Å². The molecule has 0 amide bonds. The lowest BCUT2D eigenvalue weighted by Crippen LogP contribution is -2.31. The number of fused-ring (bicyclic) bond motifs is 3. The van der Waals surface area contributed by atoms with E-state index in [2.05, 4.69) is 0 Å². The quantitative estimate of drug-likeness (QED) is 0.537. The third-order valence-corrected chi connectivity index (χ3v) is 4.62. The molecule has 0 saturated heterocycles. The Bertz CT molecular complexity index is 1230. The Kier molecular flexibility index (Phi) is 4.54. The highest BCUT2D eigenvalue weighted by Crippen LogP contribution is 2.44. The number of nitrogens with two attached hydrogens (primary N) is 1. The molecule has 1 aliphatic rings. The highest BCUT2D eigenvalue weighted by atomic mass is 19.1. The Morgan fingerprint density at radius 1 is 1.21 bits per heavy atom. The molecule has 2 aromatic carbocycles. The number of ether oxygens (including phenoxy) is 2. The molecular formula is C21H15F2NO5. The minimum Gasteiger partial charge on any atom is -0.462 e. The lowest BCUT2D eigenvalue weighted by atomic mass is 9.83. The molecule has 1 aliphatic heterocycles. The molecule has 4 rings (SSSR count). The fourth-order valence-corrected chi connectivity index (χ4v) is 3.42. The molecular weight excluding hydrogens is 384 g/mol. The van der Waals surface area contributed by atoms with Gasteiger partial charge in [-0.2, -0.15) is 0 Å². The molecule has 0 radical (unpaired) electrons. The van der Waals surface area contributed by atoms with Crippen LogP contribution in [0.1, 0.15) is 24.0 Å². The minimum atomic E-state index is -1.29. The smallest absolute Gasteiger partial charge is 0.344 e. The molecule has 6 nitrogen and oxygen atoms in total. The van der Waals surface area contributed by atoms with E-state index < -0.39 is 29.1 Å². The number of para-hydroxylation sites is 1. The van der Waals surface area contributed by atoms with Crippen molar-refractivity contribution in [3.05, 3.63) is 87.1 Å². The Balaban J connectivity index is 2.07. The van der Waals surface area contributed by atoms with Crippen molar-refractivity contribution in [2.24, 2.45) is 5.73 Å². The van der Waals surface area contributed by atoms with Crippen LogP contribution in [0, 0.1) is 11.6 Å². The second-order valence-corrected chi connectivity index (χ2v) is 6.33. The Hall–Kier alpha value is -3.68. The van der Waals surface area contributed by atoms with Crippen molar-refractivity contribution >= 4 is 16.9 Å². The summed E-state index contributed by atoms with van der Waals surface area (Å²) in [5.41, 5.74) is 4.90. The van der Waals surface area contributed by atoms with E-state index >= 15 is 0 Å². The van der Waals surface area contributed by atoms with E-state index in [4.69, 9.17) is 19.6 Å². The first-order valence-electron chi connectivity index (χ1n) is 8.77. The van der Waals surface area contributed by atoms with Crippen LogP contribution < -0.4 is 16.1 Å². The third kappa shape index (κ3) is 3.02. The van der Waals surface area contributed by atoms with Crippen molar-refractivity contribution in [1.29, 1.82) is 0 Å². The summed E-state index contributed by atoms with van der Waals surface area (Å²) >= 11 is 0. The van der Waals surface area contributed by atoms with Crippen molar-refractivity contribution in [3.8, 4) is 5.75 Å². The van der Waals surface area contributed by atoms with Gasteiger partial charge in [0.15, 0.2) is 5.75 Å². The molecule has 0 bridgehead atoms. The van der Waals surface area contributed by atoms with Crippen molar-refractivity contribution in [3.63, 3.8) is 0 Å². The normalized spacial score (nSPS) is 15.8. The first kappa shape index (κ1) is 18.7. The molecule has 2 heterocycles. The summed E-state index contributed by atoms with van der Waals surface area (Å²) in [7, 11) is 0. The van der Waals surface area contributed by atoms with Gasteiger partial charge in [0, 0.05) is 11.6 Å². The van der Waals surface area contributed by atoms with Gasteiger partial charge >= 0.3 is 11.6 Å². The highest BCUT2D eigenvalue weighted by Gasteiger charge is 2.40. The van der Waals surface area contributed by atoms with Crippen molar-refractivity contribution in [1.82, 2.24) is 0 Å². The Morgan fingerprint density at radius 3 is 2.69 bits per heavy atom. The second-order valence-electron chi connectivity index (χ2n) is 6.33. The third-order valence-electron chi connectivity index (χ3n) is 4.62. The minimum absolute atomic E-state index is 0.0212. The van der Waals surface area contributed by atoms with Gasteiger partial charge in [-0.3, -0.25) is 0 Å². The van der Waals surface area contributed by atoms with Crippen molar-refractivity contribution < 1.29 is 27.5 Å². The first-order chi connectivity index (χ1) is 13.9. The maximum absolute atomic E-state index is 14.7. The molecule has 8 heteroatoms. The number of hydrogen-bond donors (Lipinski definition) is 1. The van der Waals surface area contributed by atoms with E-state index in [1.54, 1.807) is 31.2 Å². The van der Waals surface area contributed by atoms with Crippen LogP contribution in [0.2, 0.25) is 0 Å². The standard InChI is InChI=1S/C21H15F2NO5/c1-2-27-20(25)17-15(11-8-7-10(22)9-13(11)23)16-18(29-19(17)24)12-5-3-4-6-14(12)28-21(16)26/h3-9,15H,2,24H2,1H3/t15-/m0/s1. The molecule has 3 aromatic rings. The number of rotatable bonds is 3. The van der Waals surface area contributed by atoms with E-state index in [1.165, 1.54) is 0 Å². The molecule has 0 unspecified atom stereocenters. The zero-order valence-electron chi connectivity index (χ0n) is 15.2. The zero-order chi connectivity index (χ0) is 20.7. The number of benzene rings is 2. The summed E-state index contributed by atoms with van der Waals surface area (Å²) in [5, 5.41) is 0.417. The monoisotopic (exact) mass is 399 g/mol. The predicted molar refractivity (Wildman–Crippen MR) is 99.2 cm³/mol. The average Bonchev–Trinajstić information content (AvgIpc) is 2.67. The largest absolute Gasteiger partial charge is 0.462 e. The maximum Gasteiger partial charge on any atom is 0.344 e. The molecule has 1 atom stereocenters. The number of carbonyl (C=O) groups is 1. The molecule has 1 aromatic heterocycles. The molecule has 29 heavy (non-hydrogen) atoms. The van der Waals surface area contributed by atoms with Gasteiger partial charge in [0.2, 0.25) is 5.88 Å². The summed E-state index contributed by atoms with van der Waals surface area (Å²) in [6, 6.07) is 9.39. The topological polar surface area (TPSA) is 91.8 Å². The molecule has 0 aliphatic carbocycles. The molecule has 0 fully saturated rings. The zero-order valence-corrected chi connectivity index (χ0v) is 15.2. The van der Waals surface area contributed by atoms with Crippen molar-refractivity contribution in [2.75, 3.05) is 6.61 Å². The summed E-state index contributed by atoms with van der Waals surface area (Å²) in [6.07, 6.45) is 0. The van der Waals surface area contributed by atoms with Crippen LogP contribution >= 0.6 is 0 Å². The fraction of sp³-hybridized carbons (Fsp3) is 0.143. The SMILES string of the molecule is CCOC(=O)C1=C(N)Oc2c(c(=O)oc3ccccc23)[C@@H]1c1ccc(F)cc1F. The van der Waals surface area contributed by atoms with E-state index in [0.717, 1.165) is 12.1 Å². The van der Waals surface area contributed by atoms with Gasteiger partial charge in [0.1, 0.15) is 22.8 Å². The number of carbonyl (C=O) groups excluding carboxylic acids is 1. The van der Waals surface area contributed by atoms with Crippen LogP contribution in [0.15, 0.2) is 63.1 Å². The van der Waals surface area contributed by atoms with Crippen LogP contribution in [0.25, 0.3) is 11.0 Å². The molecule has 0 spiro atoms. The number of hydrogen-bond acceptors (Lipinski definition) is 6. The first-order valence-corrected chi connectivity index (χ1v) is 8.77. The predicted octanol–water partition coefficient (Wildman–Crippen LogP) is 3.33. The Morgan fingerprint density at radius 2 is 1.97 bits per heavy atom. The van der Waals surface area contributed by atoms with Gasteiger partial charge in [-0.25, -0.2) is 18.4 Å². The van der Waals surface area contributed by atoms with E-state index in [1.807, 2.05) is 0 Å². The Labute approximate surface area is 163 Å². The number of esters is 1. The summed E-state index contributed by atoms with van der Waals surface area (Å²) in [5.74, 6) is -4.21. The second kappa shape index (κ2) is 7.05. The van der Waals surface area contributed by atoms with Gasteiger partial charge < -0.3 is 19.6 Å². The van der Waals surface area contributed by atoms with E-state index in [-0.39, 0.29) is 40.5 Å². The molecule has 2 N–H and O–H groups in total. The van der Waals surface area contributed by atoms with E-state index in [0.29, 0.717) is 11.5 Å². The molecule has 0 saturated carbocycles. The van der Waals surface area contributed by atoms with Crippen LogP contribution in [0.4, 0.5) is 8.78 Å². The summed E-state index contributed by atoms with van der Waals surface area (Å²) in [6.45, 7) is 1.61. The van der Waals surface area contributed by atoms with Gasteiger partial charge in [-0.05, 0) is 25.1 Å². The molecule has 148 valence electrons. The fourth-order valence-electron chi connectivity index (χ4n) is 3.42. The van der Waals surface area contributed by atoms with Crippen LogP contribution in [0.3, 0.4) is 0 Å². The summed E-state index contributed by atoms with van der Waals surface area (Å²) < 4.78 is 44.2. The van der Waals surface area contributed by atoms with Gasteiger partial charge in [0.25, 0.3) is 0 Å². The number of halogens is 2. The summed E-state index contributed by atoms with van der Waals surface area (Å²) in [4.78, 5) is 25.4. The average molecular weight is 399 g/mol. The van der Waals surface area contributed by atoms with Crippen LogP contribution in [-0.4, -0.2) is 12.6 Å². The van der Waals surface area contributed by atoms with Gasteiger partial charge in [-0.1, -0.05) is 18.2 Å².